The molecule has 0 spiro atoms. The minimum absolute atomic E-state index is 0. The van der Waals surface area contributed by atoms with Gasteiger partial charge in [-0.2, -0.15) is 0 Å². The quantitative estimate of drug-likeness (QED) is 0.210. The molecule has 10 nitrogen and oxygen atoms in total. The molecule has 0 aromatic rings. The number of carbonyl (C=O) groups is 1. The van der Waals surface area contributed by atoms with Crippen molar-refractivity contribution >= 4 is 21.2 Å². The Bertz CT molecular complexity index is 351. The number of hydrogen-bond donors (Lipinski definition) is 6. The number of hydrogen-bond acceptors (Lipinski definition) is 6. The van der Waals surface area contributed by atoms with Gasteiger partial charge in [-0.25, -0.2) is 0 Å². The maximum Gasteiger partial charge on any atom is 1.00 e. The van der Waals surface area contributed by atoms with E-state index in [2.05, 4.69) is 0 Å². The Morgan fingerprint density at radius 3 is 1.88 bits per heavy atom. The second kappa shape index (κ2) is 6.23. The van der Waals surface area contributed by atoms with E-state index in [4.69, 9.17) is 25.5 Å². The molecule has 0 rings (SSSR count). The Morgan fingerprint density at radius 2 is 1.71 bits per heavy atom. The molecule has 96 valence electrons. The zero-order valence-electron chi connectivity index (χ0n) is 8.63. The van der Waals surface area contributed by atoms with E-state index in [1.54, 1.807) is 0 Å². The largest absolute Gasteiger partial charge is 1.00 e. The van der Waals surface area contributed by atoms with E-state index < -0.39 is 38.7 Å². The van der Waals surface area contributed by atoms with E-state index in [0.29, 0.717) is 0 Å². The van der Waals surface area contributed by atoms with Crippen LogP contribution in [-0.4, -0.2) is 42.0 Å². The normalized spacial score (nSPS) is 20.6. The summed E-state index contributed by atoms with van der Waals surface area (Å²) in [5.41, 5.74) is 4.87. The SMILES string of the molecule is N[C@@H](CC(=O)O)C(O)(P(=O)([O-])O)P(=O)(O)O.[Na+]. The molecule has 0 aliphatic carbocycles. The van der Waals surface area contributed by atoms with Crippen molar-refractivity contribution < 1.29 is 73.3 Å². The molecule has 0 aromatic carbocycles. The van der Waals surface area contributed by atoms with Crippen molar-refractivity contribution in [3.63, 3.8) is 0 Å². The Hall–Kier alpha value is 0.690. The molecule has 0 radical (unpaired) electrons. The van der Waals surface area contributed by atoms with E-state index in [9.17, 15) is 23.9 Å². The van der Waals surface area contributed by atoms with Crippen LogP contribution in [0.4, 0.5) is 0 Å². The summed E-state index contributed by atoms with van der Waals surface area (Å²) < 4.78 is 21.5. The van der Waals surface area contributed by atoms with Crippen LogP contribution < -0.4 is 40.2 Å². The van der Waals surface area contributed by atoms with E-state index in [1.165, 1.54) is 0 Å². The summed E-state index contributed by atoms with van der Waals surface area (Å²) in [5, 5.41) is 13.5. The van der Waals surface area contributed by atoms with Gasteiger partial charge in [-0.1, -0.05) is 0 Å². The number of carboxylic acids is 1. The van der Waals surface area contributed by atoms with Gasteiger partial charge in [0.2, 0.25) is 5.08 Å². The Labute approximate surface area is 117 Å². The van der Waals surface area contributed by atoms with Crippen molar-refractivity contribution in [1.82, 2.24) is 0 Å². The van der Waals surface area contributed by atoms with Crippen LogP contribution in [0.15, 0.2) is 0 Å². The fraction of sp³-hybridized carbons (Fsp3) is 0.750. The third-order valence-corrected chi connectivity index (χ3v) is 5.63. The van der Waals surface area contributed by atoms with Gasteiger partial charge >= 0.3 is 43.1 Å². The molecule has 3 atom stereocenters. The summed E-state index contributed by atoms with van der Waals surface area (Å²) in [4.78, 5) is 46.6. The molecule has 0 saturated carbocycles. The molecule has 13 heteroatoms. The summed E-state index contributed by atoms with van der Waals surface area (Å²) in [5.74, 6) is -1.70. The topological polar surface area (TPSA) is 201 Å². The number of rotatable bonds is 5. The summed E-state index contributed by atoms with van der Waals surface area (Å²) in [6.45, 7) is 0. The third-order valence-electron chi connectivity index (χ3n) is 1.74. The predicted octanol–water partition coefficient (Wildman–Crippen LogP) is -5.84. The summed E-state index contributed by atoms with van der Waals surface area (Å²) in [7, 11) is -11.7. The predicted molar refractivity (Wildman–Crippen MR) is 47.0 cm³/mol. The zero-order valence-corrected chi connectivity index (χ0v) is 12.4. The second-order valence-corrected chi connectivity index (χ2v) is 6.80. The standard InChI is InChI=1S/C4H11NO9P2.Na/c5-2(1-3(6)7)4(8,15(9,10)11)16(12,13)14;/h2,8H,1,5H2,(H,6,7)(H2,9,10,11)(H2,12,13,14);/q;+1/p-1/t2-;/m0./s1. The Balaban J connectivity index is 0. The van der Waals surface area contributed by atoms with Crippen molar-refractivity contribution in [3.8, 4) is 0 Å². The zero-order chi connectivity index (χ0) is 13.4. The van der Waals surface area contributed by atoms with Crippen LogP contribution in [0.25, 0.3) is 0 Å². The second-order valence-electron chi connectivity index (χ2n) is 2.96. The number of aliphatic hydroxyl groups is 1. The van der Waals surface area contributed by atoms with Gasteiger partial charge in [0.1, 0.15) is 0 Å². The number of nitrogens with two attached hydrogens (primary N) is 1. The molecule has 0 saturated heterocycles. The van der Waals surface area contributed by atoms with Crippen LogP contribution in [0.3, 0.4) is 0 Å². The van der Waals surface area contributed by atoms with E-state index in [1.807, 2.05) is 0 Å². The Kier molecular flexibility index (Phi) is 7.33. The molecule has 2 unspecified atom stereocenters. The minimum Gasteiger partial charge on any atom is -0.776 e. The monoisotopic (exact) mass is 301 g/mol. The average molecular weight is 301 g/mol. The van der Waals surface area contributed by atoms with Crippen molar-refractivity contribution in [1.29, 1.82) is 0 Å². The van der Waals surface area contributed by atoms with Crippen molar-refractivity contribution in [2.24, 2.45) is 5.73 Å². The maximum atomic E-state index is 10.8. The third kappa shape index (κ3) is 4.38. The molecule has 7 N–H and O–H groups in total. The first-order chi connectivity index (χ1) is 6.84. The van der Waals surface area contributed by atoms with E-state index >= 15 is 0 Å². The van der Waals surface area contributed by atoms with Crippen molar-refractivity contribution in [2.45, 2.75) is 17.5 Å². The van der Waals surface area contributed by atoms with Crippen LogP contribution in [0, 0.1) is 0 Å². The van der Waals surface area contributed by atoms with Crippen LogP contribution in [0.5, 0.6) is 0 Å². The first-order valence-electron chi connectivity index (χ1n) is 3.63. The van der Waals surface area contributed by atoms with Crippen LogP contribution in [0.1, 0.15) is 6.42 Å². The fourth-order valence-electron chi connectivity index (χ4n) is 0.915. The molecule has 0 aromatic heterocycles. The maximum absolute atomic E-state index is 10.8. The number of aliphatic carboxylic acids is 1. The smallest absolute Gasteiger partial charge is 0.776 e. The van der Waals surface area contributed by atoms with Gasteiger partial charge in [-0.05, 0) is 0 Å². The van der Waals surface area contributed by atoms with Gasteiger partial charge in [0.05, 0.1) is 12.5 Å². The average Bonchev–Trinajstić information content (AvgIpc) is 1.96. The molecular weight excluding hydrogens is 291 g/mol. The van der Waals surface area contributed by atoms with Crippen molar-refractivity contribution in [2.75, 3.05) is 0 Å². The molecule has 0 aliphatic heterocycles. The summed E-state index contributed by atoms with van der Waals surface area (Å²) in [6.07, 6.45) is -1.26. The molecule has 0 heterocycles. The van der Waals surface area contributed by atoms with Gasteiger partial charge in [0.25, 0.3) is 0 Å². The van der Waals surface area contributed by atoms with Gasteiger partial charge in [0.15, 0.2) is 7.60 Å². The fourth-order valence-corrected chi connectivity index (χ4v) is 3.27. The number of carboxylic acid groups (broad SMARTS) is 1. The van der Waals surface area contributed by atoms with Gasteiger partial charge in [-0.15, -0.1) is 0 Å². The molecular formula is C4H10NNaO9P2. The molecule has 0 amide bonds. The van der Waals surface area contributed by atoms with Crippen molar-refractivity contribution in [3.05, 3.63) is 0 Å². The van der Waals surface area contributed by atoms with Crippen LogP contribution >= 0.6 is 15.2 Å². The Morgan fingerprint density at radius 1 is 1.35 bits per heavy atom. The van der Waals surface area contributed by atoms with Gasteiger partial charge < -0.3 is 40.1 Å². The molecule has 0 bridgehead atoms. The molecule has 17 heavy (non-hydrogen) atoms. The molecule has 0 fully saturated rings. The van der Waals surface area contributed by atoms with Gasteiger partial charge in [-0.3, -0.25) is 9.36 Å². The van der Waals surface area contributed by atoms with Crippen LogP contribution in [0.2, 0.25) is 0 Å². The summed E-state index contributed by atoms with van der Waals surface area (Å²) in [6, 6.07) is -2.38. The van der Waals surface area contributed by atoms with E-state index in [0.717, 1.165) is 0 Å². The molecule has 0 aliphatic rings. The first-order valence-corrected chi connectivity index (χ1v) is 6.82. The summed E-state index contributed by atoms with van der Waals surface area (Å²) >= 11 is 0. The van der Waals surface area contributed by atoms with E-state index in [-0.39, 0.29) is 29.6 Å². The minimum atomic E-state index is -5.97. The van der Waals surface area contributed by atoms with Gasteiger partial charge in [0, 0.05) is 0 Å². The first kappa shape index (κ1) is 20.0. The van der Waals surface area contributed by atoms with Crippen LogP contribution in [-0.2, 0) is 13.9 Å².